The minimum absolute atomic E-state index is 0.658. The van der Waals surface area contributed by atoms with Gasteiger partial charge in [0.15, 0.2) is 0 Å². The van der Waals surface area contributed by atoms with Crippen LogP contribution in [0.25, 0.3) is 99.3 Å². The molecule has 0 N–H and O–H groups in total. The highest BCUT2D eigenvalue weighted by atomic mass is 15.2. The molecule has 0 saturated heterocycles. The fraction of sp³-hybridized carbons (Fsp3) is 0. The highest BCUT2D eigenvalue weighted by molar-refractivity contribution is 6.24. The van der Waals surface area contributed by atoms with Crippen molar-refractivity contribution in [3.63, 3.8) is 0 Å². The Kier molecular flexibility index (Phi) is 6.22. The summed E-state index contributed by atoms with van der Waals surface area (Å²) in [6, 6.07) is 64.9. The van der Waals surface area contributed by atoms with E-state index >= 15 is 0 Å². The van der Waals surface area contributed by atoms with Crippen LogP contribution >= 0.6 is 0 Å². The smallest absolute Gasteiger partial charge is 0.235 e. The molecular weight excluding hydrogens is 633 g/mol. The molecule has 11 aromatic rings. The molecule has 0 aliphatic heterocycles. The van der Waals surface area contributed by atoms with E-state index in [1.54, 1.807) is 0 Å². The van der Waals surface area contributed by atoms with Crippen LogP contribution in [0.2, 0.25) is 0 Å². The lowest BCUT2D eigenvalue weighted by molar-refractivity contribution is 1.01. The van der Waals surface area contributed by atoms with E-state index in [1.165, 1.54) is 48.9 Å². The lowest BCUT2D eigenvalue weighted by Gasteiger charge is -2.14. The molecule has 11 rings (SSSR count). The van der Waals surface area contributed by atoms with E-state index in [0.29, 0.717) is 5.95 Å². The van der Waals surface area contributed by atoms with Crippen molar-refractivity contribution in [2.45, 2.75) is 0 Å². The Morgan fingerprint density at radius 1 is 0.346 bits per heavy atom. The Morgan fingerprint density at radius 3 is 1.73 bits per heavy atom. The average Bonchev–Trinajstić information content (AvgIpc) is 3.73. The van der Waals surface area contributed by atoms with Crippen LogP contribution in [0, 0.1) is 0 Å². The molecule has 0 spiro atoms. The van der Waals surface area contributed by atoms with E-state index in [9.17, 15) is 0 Å². The third kappa shape index (κ3) is 4.21. The van der Waals surface area contributed by atoms with Crippen LogP contribution < -0.4 is 0 Å². The van der Waals surface area contributed by atoms with Crippen molar-refractivity contribution in [3.8, 4) is 34.0 Å². The molecule has 4 heteroatoms. The lowest BCUT2D eigenvalue weighted by Crippen LogP contribution is -2.03. The first-order valence-electron chi connectivity index (χ1n) is 17.7. The molecule has 0 bridgehead atoms. The number of nitrogens with zero attached hydrogens (tertiary/aromatic N) is 4. The van der Waals surface area contributed by atoms with Crippen LogP contribution in [0.15, 0.2) is 182 Å². The van der Waals surface area contributed by atoms with Crippen molar-refractivity contribution in [2.75, 3.05) is 0 Å². The van der Waals surface area contributed by atoms with Gasteiger partial charge < -0.3 is 4.57 Å². The van der Waals surface area contributed by atoms with E-state index in [2.05, 4.69) is 179 Å². The summed E-state index contributed by atoms with van der Waals surface area (Å²) in [5, 5.41) is 8.36. The predicted molar refractivity (Wildman–Crippen MR) is 217 cm³/mol. The summed E-state index contributed by atoms with van der Waals surface area (Å²) in [6.45, 7) is 0. The summed E-state index contributed by atoms with van der Waals surface area (Å²) in [5.41, 5.74) is 10.9. The third-order valence-corrected chi connectivity index (χ3v) is 10.5. The molecule has 4 nitrogen and oxygen atoms in total. The van der Waals surface area contributed by atoms with Gasteiger partial charge in [-0.15, -0.1) is 0 Å². The van der Waals surface area contributed by atoms with Gasteiger partial charge in [0.1, 0.15) is 0 Å². The van der Waals surface area contributed by atoms with Crippen LogP contribution in [0.4, 0.5) is 0 Å². The Hall–Kier alpha value is -7.04. The standard InChI is InChI=1S/C48H30N4/c1-3-15-31(16-4-1)47-38-22-9-12-24-41(38)49-48(50-47)52-42-25-13-10-20-35(42)36-28-27-32(29-44(36)52)40-30-45-46(37-21-8-7-19-34(37)40)39-23-11-14-26-43(39)51(45)33-17-5-2-6-18-33/h1-30H. The summed E-state index contributed by atoms with van der Waals surface area (Å²) in [4.78, 5) is 10.5. The van der Waals surface area contributed by atoms with Gasteiger partial charge in [-0.2, -0.15) is 0 Å². The maximum absolute atomic E-state index is 5.33. The normalized spacial score (nSPS) is 11.8. The van der Waals surface area contributed by atoms with Crippen molar-refractivity contribution in [1.29, 1.82) is 0 Å². The van der Waals surface area contributed by atoms with Crippen molar-refractivity contribution >= 4 is 65.3 Å². The van der Waals surface area contributed by atoms with Gasteiger partial charge >= 0.3 is 0 Å². The van der Waals surface area contributed by atoms with Gasteiger partial charge in [-0.05, 0) is 64.4 Å². The number of hydrogen-bond acceptors (Lipinski definition) is 2. The molecule has 0 radical (unpaired) electrons. The van der Waals surface area contributed by atoms with Gasteiger partial charge in [0.05, 0.1) is 33.3 Å². The number of rotatable bonds is 4. The molecule has 3 heterocycles. The quantitative estimate of drug-likeness (QED) is 0.188. The van der Waals surface area contributed by atoms with Gasteiger partial charge in [0.25, 0.3) is 0 Å². The highest BCUT2D eigenvalue weighted by Gasteiger charge is 2.21. The number of para-hydroxylation sites is 4. The van der Waals surface area contributed by atoms with E-state index in [0.717, 1.165) is 44.4 Å². The maximum Gasteiger partial charge on any atom is 0.235 e. The molecule has 0 unspecified atom stereocenters. The number of aromatic nitrogens is 4. The second-order valence-electron chi connectivity index (χ2n) is 13.4. The summed E-state index contributed by atoms with van der Waals surface area (Å²) in [5.74, 6) is 0.658. The zero-order valence-corrected chi connectivity index (χ0v) is 28.1. The lowest BCUT2D eigenvalue weighted by atomic mass is 9.94. The summed E-state index contributed by atoms with van der Waals surface area (Å²) in [7, 11) is 0. The Bertz CT molecular complexity index is 3170. The highest BCUT2D eigenvalue weighted by Crippen LogP contribution is 2.43. The van der Waals surface area contributed by atoms with Crippen LogP contribution in [0.1, 0.15) is 0 Å². The molecule has 0 amide bonds. The van der Waals surface area contributed by atoms with E-state index in [1.807, 2.05) is 12.1 Å². The molecule has 52 heavy (non-hydrogen) atoms. The number of fused-ring (bicyclic) bond motifs is 9. The fourth-order valence-corrected chi connectivity index (χ4v) is 8.26. The predicted octanol–water partition coefficient (Wildman–Crippen LogP) is 12.3. The van der Waals surface area contributed by atoms with E-state index in [4.69, 9.17) is 9.97 Å². The van der Waals surface area contributed by atoms with Crippen molar-refractivity contribution in [3.05, 3.63) is 182 Å². The zero-order valence-electron chi connectivity index (χ0n) is 28.1. The topological polar surface area (TPSA) is 35.6 Å². The van der Waals surface area contributed by atoms with Gasteiger partial charge in [0, 0.05) is 38.2 Å². The largest absolute Gasteiger partial charge is 0.309 e. The minimum atomic E-state index is 0.658. The Labute approximate surface area is 299 Å². The average molecular weight is 663 g/mol. The Morgan fingerprint density at radius 2 is 0.942 bits per heavy atom. The summed E-state index contributed by atoms with van der Waals surface area (Å²) < 4.78 is 4.65. The number of hydrogen-bond donors (Lipinski definition) is 0. The molecule has 0 fully saturated rings. The van der Waals surface area contributed by atoms with Gasteiger partial charge in [0.2, 0.25) is 5.95 Å². The first kappa shape index (κ1) is 28.8. The monoisotopic (exact) mass is 662 g/mol. The van der Waals surface area contributed by atoms with Crippen molar-refractivity contribution in [2.24, 2.45) is 0 Å². The fourth-order valence-electron chi connectivity index (χ4n) is 8.26. The molecule has 0 atom stereocenters. The SMILES string of the molecule is c1ccc(-c2nc(-n3c4ccccc4c4ccc(-c5cc6c(c7ccccc57)c5ccccc5n6-c5ccccc5)cc43)nc3ccccc23)cc1. The van der Waals surface area contributed by atoms with Crippen molar-refractivity contribution in [1.82, 2.24) is 19.1 Å². The molecule has 0 aliphatic rings. The Balaban J connectivity index is 1.23. The van der Waals surface area contributed by atoms with Crippen LogP contribution in [-0.4, -0.2) is 19.1 Å². The summed E-state index contributed by atoms with van der Waals surface area (Å²) in [6.07, 6.45) is 0. The van der Waals surface area contributed by atoms with Crippen molar-refractivity contribution < 1.29 is 0 Å². The molecule has 0 saturated carbocycles. The molecule has 3 aromatic heterocycles. The second kappa shape index (κ2) is 11.2. The van der Waals surface area contributed by atoms with Crippen LogP contribution in [0.3, 0.4) is 0 Å². The minimum Gasteiger partial charge on any atom is -0.309 e. The first-order chi connectivity index (χ1) is 25.8. The van der Waals surface area contributed by atoms with E-state index in [-0.39, 0.29) is 0 Å². The van der Waals surface area contributed by atoms with Gasteiger partial charge in [-0.1, -0.05) is 140 Å². The van der Waals surface area contributed by atoms with E-state index < -0.39 is 0 Å². The van der Waals surface area contributed by atoms with Gasteiger partial charge in [-0.3, -0.25) is 4.57 Å². The molecule has 8 aromatic carbocycles. The van der Waals surface area contributed by atoms with Crippen LogP contribution in [0.5, 0.6) is 0 Å². The van der Waals surface area contributed by atoms with Gasteiger partial charge in [-0.25, -0.2) is 9.97 Å². The molecule has 242 valence electrons. The van der Waals surface area contributed by atoms with Crippen LogP contribution in [-0.2, 0) is 0 Å². The first-order valence-corrected chi connectivity index (χ1v) is 17.7. The number of benzene rings is 8. The second-order valence-corrected chi connectivity index (χ2v) is 13.4. The molecule has 0 aliphatic carbocycles. The third-order valence-electron chi connectivity index (χ3n) is 10.5. The summed E-state index contributed by atoms with van der Waals surface area (Å²) >= 11 is 0. The zero-order chi connectivity index (χ0) is 34.2. The molecular formula is C48H30N4. The maximum atomic E-state index is 5.33.